The number of carbonyl (C=O) groups is 2. The quantitative estimate of drug-likeness (QED) is 0.643. The second-order valence-electron chi connectivity index (χ2n) is 7.18. The van der Waals surface area contributed by atoms with Crippen LogP contribution >= 0.6 is 0 Å². The molecule has 0 aliphatic carbocycles. The van der Waals surface area contributed by atoms with E-state index in [9.17, 15) is 9.59 Å². The molecule has 0 unspecified atom stereocenters. The van der Waals surface area contributed by atoms with Gasteiger partial charge in [-0.1, -0.05) is 30.3 Å². The van der Waals surface area contributed by atoms with Crippen LogP contribution in [0.5, 0.6) is 0 Å². The molecule has 0 radical (unpaired) electrons. The monoisotopic (exact) mass is 396 g/mol. The van der Waals surface area contributed by atoms with Crippen LogP contribution in [0.3, 0.4) is 0 Å². The summed E-state index contributed by atoms with van der Waals surface area (Å²) in [5.74, 6) is 0.772. The summed E-state index contributed by atoms with van der Waals surface area (Å²) in [7, 11) is 1.63. The minimum absolute atomic E-state index is 0.00780. The third kappa shape index (κ3) is 6.06. The van der Waals surface area contributed by atoms with Crippen LogP contribution in [0.4, 0.5) is 0 Å². The molecule has 1 saturated heterocycles. The maximum Gasteiger partial charge on any atom is 0.246 e. The Balaban J connectivity index is 1.53. The fourth-order valence-electron chi connectivity index (χ4n) is 3.50. The smallest absolute Gasteiger partial charge is 0.246 e. The maximum absolute atomic E-state index is 13.0. The van der Waals surface area contributed by atoms with Crippen LogP contribution in [0.15, 0.2) is 59.2 Å². The van der Waals surface area contributed by atoms with Gasteiger partial charge >= 0.3 is 0 Å². The largest absolute Gasteiger partial charge is 0.467 e. The highest BCUT2D eigenvalue weighted by molar-refractivity contribution is 5.92. The van der Waals surface area contributed by atoms with Crippen LogP contribution in [0.2, 0.25) is 0 Å². The topological polar surface area (TPSA) is 63.0 Å². The first kappa shape index (κ1) is 20.9. The highest BCUT2D eigenvalue weighted by atomic mass is 16.5. The van der Waals surface area contributed by atoms with E-state index in [1.54, 1.807) is 24.3 Å². The number of hydrogen-bond acceptors (Lipinski definition) is 4. The molecule has 29 heavy (non-hydrogen) atoms. The van der Waals surface area contributed by atoms with Gasteiger partial charge in [-0.3, -0.25) is 9.59 Å². The van der Waals surface area contributed by atoms with Crippen molar-refractivity contribution in [3.8, 4) is 0 Å². The molecule has 154 valence electrons. The number of hydrogen-bond donors (Lipinski definition) is 0. The first-order valence-corrected chi connectivity index (χ1v) is 9.99. The number of rotatable bonds is 8. The Labute approximate surface area is 171 Å². The molecule has 6 nitrogen and oxygen atoms in total. The lowest BCUT2D eigenvalue weighted by Crippen LogP contribution is -2.44. The van der Waals surface area contributed by atoms with Crippen LogP contribution < -0.4 is 0 Å². The van der Waals surface area contributed by atoms with E-state index >= 15 is 0 Å². The van der Waals surface area contributed by atoms with Gasteiger partial charge in [0.05, 0.1) is 19.4 Å². The van der Waals surface area contributed by atoms with Crippen molar-refractivity contribution in [2.75, 3.05) is 33.4 Å². The van der Waals surface area contributed by atoms with Crippen molar-refractivity contribution < 1.29 is 18.7 Å². The van der Waals surface area contributed by atoms with E-state index < -0.39 is 0 Å². The van der Waals surface area contributed by atoms with Crippen LogP contribution in [0.1, 0.15) is 24.2 Å². The zero-order chi connectivity index (χ0) is 20.5. The van der Waals surface area contributed by atoms with Crippen LogP contribution in [0.25, 0.3) is 6.08 Å². The van der Waals surface area contributed by atoms with Crippen molar-refractivity contribution in [2.24, 2.45) is 5.92 Å². The summed E-state index contributed by atoms with van der Waals surface area (Å²) < 4.78 is 10.6. The molecule has 2 heterocycles. The average Bonchev–Trinajstić information content (AvgIpc) is 3.28. The molecule has 6 heteroatoms. The number of benzene rings is 1. The molecule has 1 aliphatic rings. The van der Waals surface area contributed by atoms with Crippen LogP contribution in [-0.2, 0) is 20.9 Å². The number of methoxy groups -OCH3 is 1. The highest BCUT2D eigenvalue weighted by Gasteiger charge is 2.30. The van der Waals surface area contributed by atoms with Gasteiger partial charge in [-0.05, 0) is 36.6 Å². The summed E-state index contributed by atoms with van der Waals surface area (Å²) in [4.78, 5) is 29.1. The van der Waals surface area contributed by atoms with Gasteiger partial charge in [0.25, 0.3) is 0 Å². The Morgan fingerprint density at radius 2 is 1.93 bits per heavy atom. The lowest BCUT2D eigenvalue weighted by Gasteiger charge is -2.33. The molecule has 1 fully saturated rings. The van der Waals surface area contributed by atoms with Crippen molar-refractivity contribution in [3.05, 3.63) is 66.1 Å². The zero-order valence-electron chi connectivity index (χ0n) is 16.8. The summed E-state index contributed by atoms with van der Waals surface area (Å²) >= 11 is 0. The van der Waals surface area contributed by atoms with Gasteiger partial charge in [-0.25, -0.2) is 0 Å². The Kier molecular flexibility index (Phi) is 7.64. The van der Waals surface area contributed by atoms with Crippen molar-refractivity contribution >= 4 is 17.9 Å². The summed E-state index contributed by atoms with van der Waals surface area (Å²) in [5, 5.41) is 0. The minimum Gasteiger partial charge on any atom is -0.467 e. The molecule has 2 aromatic rings. The molecule has 0 saturated carbocycles. The lowest BCUT2D eigenvalue weighted by atomic mass is 9.95. The third-order valence-electron chi connectivity index (χ3n) is 5.18. The van der Waals surface area contributed by atoms with Gasteiger partial charge in [-0.2, -0.15) is 0 Å². The maximum atomic E-state index is 13.0. The van der Waals surface area contributed by atoms with Gasteiger partial charge in [0.2, 0.25) is 11.8 Å². The van der Waals surface area contributed by atoms with E-state index in [4.69, 9.17) is 9.15 Å². The first-order valence-electron chi connectivity index (χ1n) is 9.99. The average molecular weight is 396 g/mol. The van der Waals surface area contributed by atoms with E-state index in [1.807, 2.05) is 53.4 Å². The number of piperidine rings is 1. The number of likely N-dealkylation sites (tertiary alicyclic amines) is 1. The molecule has 0 N–H and O–H groups in total. The van der Waals surface area contributed by atoms with Gasteiger partial charge < -0.3 is 19.0 Å². The van der Waals surface area contributed by atoms with Gasteiger partial charge in [0.1, 0.15) is 5.76 Å². The number of nitrogens with zero attached hydrogens (tertiary/aromatic N) is 2. The Morgan fingerprint density at radius 1 is 1.17 bits per heavy atom. The Hall–Kier alpha value is -2.86. The van der Waals surface area contributed by atoms with Gasteiger partial charge in [0.15, 0.2) is 0 Å². The zero-order valence-corrected chi connectivity index (χ0v) is 16.8. The molecule has 0 bridgehead atoms. The normalized spacial score (nSPS) is 15.0. The second-order valence-corrected chi connectivity index (χ2v) is 7.18. The number of ether oxygens (including phenoxy) is 1. The second kappa shape index (κ2) is 10.6. The van der Waals surface area contributed by atoms with Crippen LogP contribution in [0, 0.1) is 5.92 Å². The van der Waals surface area contributed by atoms with Crippen molar-refractivity contribution in [2.45, 2.75) is 19.4 Å². The van der Waals surface area contributed by atoms with E-state index in [0.29, 0.717) is 45.6 Å². The van der Waals surface area contributed by atoms with E-state index in [1.165, 1.54) is 0 Å². The summed E-state index contributed by atoms with van der Waals surface area (Å²) in [6.45, 7) is 2.62. The van der Waals surface area contributed by atoms with Crippen molar-refractivity contribution in [1.82, 2.24) is 9.80 Å². The van der Waals surface area contributed by atoms with Gasteiger partial charge in [-0.15, -0.1) is 0 Å². The standard InChI is InChI=1S/C23H28N2O4/c1-28-17-15-25(18-21-8-5-16-29-21)23(27)20-11-13-24(14-12-20)22(26)10-9-19-6-3-2-4-7-19/h2-10,16,20H,11-15,17-18H2,1H3. The molecule has 2 amide bonds. The molecule has 1 aromatic carbocycles. The SMILES string of the molecule is COCCN(Cc1ccco1)C(=O)C1CCN(C(=O)C=Cc2ccccc2)CC1. The minimum atomic E-state index is -0.0797. The Morgan fingerprint density at radius 3 is 2.59 bits per heavy atom. The predicted octanol–water partition coefficient (Wildman–Crippen LogP) is 3.21. The summed E-state index contributed by atoms with van der Waals surface area (Å²) in [5.41, 5.74) is 0.998. The number of furan rings is 1. The predicted molar refractivity (Wildman–Crippen MR) is 111 cm³/mol. The molecule has 0 spiro atoms. The summed E-state index contributed by atoms with van der Waals surface area (Å²) in [6.07, 6.45) is 6.40. The lowest BCUT2D eigenvalue weighted by molar-refractivity contribution is -0.140. The highest BCUT2D eigenvalue weighted by Crippen LogP contribution is 2.21. The van der Waals surface area contributed by atoms with Crippen LogP contribution in [-0.4, -0.2) is 55.0 Å². The van der Waals surface area contributed by atoms with E-state index in [-0.39, 0.29) is 17.7 Å². The Bertz CT molecular complexity index is 794. The first-order chi connectivity index (χ1) is 14.2. The van der Waals surface area contributed by atoms with Crippen molar-refractivity contribution in [1.29, 1.82) is 0 Å². The van der Waals surface area contributed by atoms with E-state index in [2.05, 4.69) is 0 Å². The molecule has 3 rings (SSSR count). The summed E-state index contributed by atoms with van der Waals surface area (Å²) in [6, 6.07) is 13.4. The molecular weight excluding hydrogens is 368 g/mol. The van der Waals surface area contributed by atoms with E-state index in [0.717, 1.165) is 11.3 Å². The number of amides is 2. The fraction of sp³-hybridized carbons (Fsp3) is 0.391. The van der Waals surface area contributed by atoms with Crippen molar-refractivity contribution in [3.63, 3.8) is 0 Å². The molecule has 0 atom stereocenters. The molecule has 1 aliphatic heterocycles. The molecule has 1 aromatic heterocycles. The third-order valence-corrected chi connectivity index (χ3v) is 5.18. The van der Waals surface area contributed by atoms with Gasteiger partial charge in [0, 0.05) is 38.7 Å². The number of carbonyl (C=O) groups excluding carboxylic acids is 2. The molecular formula is C23H28N2O4. The fourth-order valence-corrected chi connectivity index (χ4v) is 3.50.